The molecule has 2 aliphatic rings. The topological polar surface area (TPSA) is 85.8 Å². The highest BCUT2D eigenvalue weighted by Gasteiger charge is 2.28. The van der Waals surface area contributed by atoms with Crippen molar-refractivity contribution in [1.29, 1.82) is 0 Å². The standard InChI is InChI=1S/C21H25N5O3/c1-13-20(14(2)29-24-13)21(27)25-9-7-15(8-10-25)12-28-19-6-5-18-22-17(16-3-4-16)11-26(18)23-19/h5-6,11,15-16H,3-4,7-10,12H2,1-2H3. The summed E-state index contributed by atoms with van der Waals surface area (Å²) in [6, 6.07) is 3.84. The van der Waals surface area contributed by atoms with Gasteiger partial charge in [-0.2, -0.15) is 0 Å². The van der Waals surface area contributed by atoms with Gasteiger partial charge in [-0.1, -0.05) is 5.16 Å². The zero-order valence-electron chi connectivity index (χ0n) is 16.8. The lowest BCUT2D eigenvalue weighted by atomic mass is 9.97. The molecule has 8 nitrogen and oxygen atoms in total. The number of carbonyl (C=O) groups is 1. The monoisotopic (exact) mass is 395 g/mol. The summed E-state index contributed by atoms with van der Waals surface area (Å²) in [6.45, 7) is 5.63. The number of rotatable bonds is 5. The molecule has 0 unspecified atom stereocenters. The molecule has 0 spiro atoms. The van der Waals surface area contributed by atoms with Crippen molar-refractivity contribution in [2.24, 2.45) is 5.92 Å². The van der Waals surface area contributed by atoms with E-state index in [-0.39, 0.29) is 5.91 Å². The number of imidazole rings is 1. The maximum Gasteiger partial charge on any atom is 0.259 e. The van der Waals surface area contributed by atoms with Gasteiger partial charge in [0.2, 0.25) is 5.88 Å². The fraction of sp³-hybridized carbons (Fsp3) is 0.524. The van der Waals surface area contributed by atoms with Crippen molar-refractivity contribution in [3.8, 4) is 5.88 Å². The minimum atomic E-state index is 0.0133. The summed E-state index contributed by atoms with van der Waals surface area (Å²) in [4.78, 5) is 19.3. The third kappa shape index (κ3) is 3.59. The van der Waals surface area contributed by atoms with Gasteiger partial charge in [0.25, 0.3) is 5.91 Å². The van der Waals surface area contributed by atoms with Crippen molar-refractivity contribution in [1.82, 2.24) is 24.7 Å². The fourth-order valence-corrected chi connectivity index (χ4v) is 3.99. The number of aryl methyl sites for hydroxylation is 2. The second-order valence-electron chi connectivity index (χ2n) is 8.16. The lowest BCUT2D eigenvalue weighted by Gasteiger charge is -2.31. The zero-order valence-corrected chi connectivity index (χ0v) is 16.8. The van der Waals surface area contributed by atoms with Crippen LogP contribution in [0, 0.1) is 19.8 Å². The van der Waals surface area contributed by atoms with Gasteiger partial charge in [0, 0.05) is 25.1 Å². The molecule has 1 amide bonds. The summed E-state index contributed by atoms with van der Waals surface area (Å²) in [5.41, 5.74) is 3.25. The SMILES string of the molecule is Cc1noc(C)c1C(=O)N1CCC(COc2ccc3nc(C4CC4)cn3n2)CC1. The normalized spacial score (nSPS) is 17.8. The summed E-state index contributed by atoms with van der Waals surface area (Å²) in [7, 11) is 0. The van der Waals surface area contributed by atoms with E-state index in [4.69, 9.17) is 9.26 Å². The summed E-state index contributed by atoms with van der Waals surface area (Å²) >= 11 is 0. The first-order valence-corrected chi connectivity index (χ1v) is 10.3. The molecule has 1 aliphatic carbocycles. The van der Waals surface area contributed by atoms with Crippen LogP contribution >= 0.6 is 0 Å². The molecule has 29 heavy (non-hydrogen) atoms. The van der Waals surface area contributed by atoms with Crippen molar-refractivity contribution in [3.63, 3.8) is 0 Å². The summed E-state index contributed by atoms with van der Waals surface area (Å²) in [6.07, 6.45) is 6.29. The molecule has 3 aromatic rings. The first kappa shape index (κ1) is 18.1. The van der Waals surface area contributed by atoms with E-state index in [1.165, 1.54) is 12.8 Å². The first-order chi connectivity index (χ1) is 14.1. The molecular weight excluding hydrogens is 370 g/mol. The van der Waals surface area contributed by atoms with E-state index in [9.17, 15) is 4.79 Å². The van der Waals surface area contributed by atoms with Crippen molar-refractivity contribution < 1.29 is 14.1 Å². The van der Waals surface area contributed by atoms with E-state index in [0.717, 1.165) is 37.3 Å². The number of amides is 1. The molecule has 5 rings (SSSR count). The molecule has 0 bridgehead atoms. The van der Waals surface area contributed by atoms with Gasteiger partial charge in [0.1, 0.15) is 11.3 Å². The Morgan fingerprint density at radius 2 is 2.00 bits per heavy atom. The van der Waals surface area contributed by atoms with Gasteiger partial charge in [0.05, 0.1) is 24.2 Å². The zero-order chi connectivity index (χ0) is 20.0. The third-order valence-electron chi connectivity index (χ3n) is 5.93. The summed E-state index contributed by atoms with van der Waals surface area (Å²) in [5.74, 6) is 2.24. The quantitative estimate of drug-likeness (QED) is 0.660. The van der Waals surface area contributed by atoms with E-state index < -0.39 is 0 Å². The number of aromatic nitrogens is 4. The molecule has 152 valence electrons. The highest BCUT2D eigenvalue weighted by atomic mass is 16.5. The van der Waals surface area contributed by atoms with Crippen molar-refractivity contribution in [2.75, 3.05) is 19.7 Å². The Balaban J connectivity index is 1.16. The van der Waals surface area contributed by atoms with Gasteiger partial charge in [-0.3, -0.25) is 4.79 Å². The van der Waals surface area contributed by atoms with Crippen LogP contribution in [0.25, 0.3) is 5.65 Å². The average Bonchev–Trinajstić information content (AvgIpc) is 3.41. The molecule has 8 heteroatoms. The number of hydrogen-bond acceptors (Lipinski definition) is 6. The van der Waals surface area contributed by atoms with Crippen LogP contribution in [0.4, 0.5) is 0 Å². The predicted octanol–water partition coefficient (Wildman–Crippen LogP) is 3.14. The Morgan fingerprint density at radius 1 is 1.21 bits per heavy atom. The number of ether oxygens (including phenoxy) is 1. The van der Waals surface area contributed by atoms with E-state index in [2.05, 4.69) is 15.2 Å². The second-order valence-corrected chi connectivity index (χ2v) is 8.16. The van der Waals surface area contributed by atoms with Crippen LogP contribution in [0.15, 0.2) is 22.9 Å². The van der Waals surface area contributed by atoms with Crippen LogP contribution in [0.3, 0.4) is 0 Å². The van der Waals surface area contributed by atoms with E-state index in [0.29, 0.717) is 41.3 Å². The highest BCUT2D eigenvalue weighted by molar-refractivity contribution is 5.96. The third-order valence-corrected chi connectivity index (χ3v) is 5.93. The number of fused-ring (bicyclic) bond motifs is 1. The molecule has 4 heterocycles. The minimum absolute atomic E-state index is 0.0133. The van der Waals surface area contributed by atoms with Crippen molar-refractivity contribution in [2.45, 2.75) is 45.4 Å². The van der Waals surface area contributed by atoms with Crippen LogP contribution in [-0.2, 0) is 0 Å². The number of piperidine rings is 1. The van der Waals surface area contributed by atoms with Gasteiger partial charge in [-0.05, 0) is 51.5 Å². The molecule has 0 N–H and O–H groups in total. The predicted molar refractivity (Wildman–Crippen MR) is 105 cm³/mol. The fourth-order valence-electron chi connectivity index (χ4n) is 3.99. The second kappa shape index (κ2) is 7.17. The smallest absolute Gasteiger partial charge is 0.259 e. The van der Waals surface area contributed by atoms with Crippen molar-refractivity contribution in [3.05, 3.63) is 41.0 Å². The van der Waals surface area contributed by atoms with Crippen LogP contribution in [-0.4, -0.2) is 50.3 Å². The maximum absolute atomic E-state index is 12.7. The summed E-state index contributed by atoms with van der Waals surface area (Å²) in [5, 5.41) is 8.43. The molecular formula is C21H25N5O3. The van der Waals surface area contributed by atoms with Gasteiger partial charge in [-0.25, -0.2) is 9.50 Å². The number of likely N-dealkylation sites (tertiary alicyclic amines) is 1. The number of nitrogens with zero attached hydrogens (tertiary/aromatic N) is 5. The molecule has 0 radical (unpaired) electrons. The average molecular weight is 395 g/mol. The first-order valence-electron chi connectivity index (χ1n) is 10.3. The van der Waals surface area contributed by atoms with Crippen LogP contribution in [0.5, 0.6) is 5.88 Å². The minimum Gasteiger partial charge on any atom is -0.476 e. The van der Waals surface area contributed by atoms with Crippen LogP contribution < -0.4 is 4.74 Å². The summed E-state index contributed by atoms with van der Waals surface area (Å²) < 4.78 is 12.9. The molecule has 1 saturated heterocycles. The molecule has 2 fully saturated rings. The van der Waals surface area contributed by atoms with Crippen LogP contribution in [0.2, 0.25) is 0 Å². The van der Waals surface area contributed by atoms with E-state index >= 15 is 0 Å². The molecule has 0 atom stereocenters. The number of hydrogen-bond donors (Lipinski definition) is 0. The Bertz CT molecular complexity index is 1020. The number of carbonyl (C=O) groups excluding carboxylic acids is 1. The molecule has 1 aliphatic heterocycles. The van der Waals surface area contributed by atoms with Gasteiger partial charge < -0.3 is 14.2 Å². The van der Waals surface area contributed by atoms with Gasteiger partial charge in [0.15, 0.2) is 5.65 Å². The van der Waals surface area contributed by atoms with Gasteiger partial charge >= 0.3 is 0 Å². The van der Waals surface area contributed by atoms with E-state index in [1.807, 2.05) is 34.7 Å². The Morgan fingerprint density at radius 3 is 2.69 bits per heavy atom. The Hall–Kier alpha value is -2.90. The van der Waals surface area contributed by atoms with Crippen LogP contribution in [0.1, 0.15) is 59.1 Å². The Kier molecular flexibility index (Phi) is 4.49. The van der Waals surface area contributed by atoms with Gasteiger partial charge in [-0.15, -0.1) is 5.10 Å². The molecule has 1 saturated carbocycles. The largest absolute Gasteiger partial charge is 0.476 e. The Labute approximate surface area is 168 Å². The van der Waals surface area contributed by atoms with Crippen molar-refractivity contribution >= 4 is 11.6 Å². The maximum atomic E-state index is 12.7. The highest BCUT2D eigenvalue weighted by Crippen LogP contribution is 2.39. The van der Waals surface area contributed by atoms with E-state index in [1.54, 1.807) is 6.92 Å². The lowest BCUT2D eigenvalue weighted by molar-refractivity contribution is 0.0656. The molecule has 3 aromatic heterocycles. The lowest BCUT2D eigenvalue weighted by Crippen LogP contribution is -2.40. The molecule has 0 aromatic carbocycles.